The molecule has 184 valence electrons. The molecule has 1 unspecified atom stereocenters. The zero-order valence-corrected chi connectivity index (χ0v) is 20.2. The minimum atomic E-state index is -0.320. The van der Waals surface area contributed by atoms with Gasteiger partial charge in [-0.3, -0.25) is 14.5 Å². The van der Waals surface area contributed by atoms with Crippen molar-refractivity contribution in [2.75, 3.05) is 40.9 Å². The van der Waals surface area contributed by atoms with E-state index < -0.39 is 0 Å². The van der Waals surface area contributed by atoms with Crippen LogP contribution in [0.25, 0.3) is 10.9 Å². The lowest BCUT2D eigenvalue weighted by Gasteiger charge is -2.22. The van der Waals surface area contributed by atoms with Gasteiger partial charge in [0.1, 0.15) is 6.54 Å². The van der Waals surface area contributed by atoms with E-state index in [0.717, 1.165) is 22.0 Å². The van der Waals surface area contributed by atoms with Crippen molar-refractivity contribution in [3.8, 4) is 11.5 Å². The largest absolute Gasteiger partial charge is 0.493 e. The molecule has 0 saturated carbocycles. The number of H-pyrrole nitrogens is 1. The number of imide groups is 1. The van der Waals surface area contributed by atoms with Crippen LogP contribution in [-0.2, 0) is 9.59 Å². The van der Waals surface area contributed by atoms with Gasteiger partial charge in [-0.05, 0) is 24.1 Å². The standard InChI is InChI=1S/C26H30N4O5/c1-29-16-24(32)30(26(29)33)13-7-12-23(31)28-15-20(18-9-6-11-22(34-2)25(18)35-3)19-14-27-21-10-5-4-8-17(19)21/h4-6,8-11,14,20,27H,7,12-13,15-16H2,1-3H3,(H,28,31). The third-order valence-corrected chi connectivity index (χ3v) is 6.33. The van der Waals surface area contributed by atoms with Gasteiger partial charge >= 0.3 is 6.03 Å². The number of carbonyl (C=O) groups excluding carboxylic acids is 3. The monoisotopic (exact) mass is 478 g/mol. The third-order valence-electron chi connectivity index (χ3n) is 6.33. The highest BCUT2D eigenvalue weighted by Crippen LogP contribution is 2.40. The molecule has 9 heteroatoms. The molecular weight excluding hydrogens is 448 g/mol. The smallest absolute Gasteiger partial charge is 0.326 e. The molecule has 0 spiro atoms. The highest BCUT2D eigenvalue weighted by atomic mass is 16.5. The van der Waals surface area contributed by atoms with Crippen LogP contribution in [0.15, 0.2) is 48.7 Å². The average Bonchev–Trinajstić information content (AvgIpc) is 3.39. The fourth-order valence-corrected chi connectivity index (χ4v) is 4.55. The maximum absolute atomic E-state index is 12.7. The molecule has 3 aromatic rings. The number of hydrogen-bond acceptors (Lipinski definition) is 5. The van der Waals surface area contributed by atoms with E-state index in [1.54, 1.807) is 21.3 Å². The number of rotatable bonds is 10. The lowest BCUT2D eigenvalue weighted by Crippen LogP contribution is -2.34. The van der Waals surface area contributed by atoms with Gasteiger partial charge in [-0.1, -0.05) is 30.3 Å². The summed E-state index contributed by atoms with van der Waals surface area (Å²) in [7, 11) is 4.78. The fraction of sp³-hybridized carbons (Fsp3) is 0.346. The zero-order chi connectivity index (χ0) is 24.9. The van der Waals surface area contributed by atoms with E-state index in [4.69, 9.17) is 9.47 Å². The van der Waals surface area contributed by atoms with Crippen LogP contribution in [0.3, 0.4) is 0 Å². The van der Waals surface area contributed by atoms with Gasteiger partial charge in [0.05, 0.1) is 14.2 Å². The van der Waals surface area contributed by atoms with Crippen LogP contribution in [0.5, 0.6) is 11.5 Å². The summed E-state index contributed by atoms with van der Waals surface area (Å²) in [6.45, 7) is 0.652. The summed E-state index contributed by atoms with van der Waals surface area (Å²) >= 11 is 0. The van der Waals surface area contributed by atoms with Crippen LogP contribution in [0, 0.1) is 0 Å². The van der Waals surface area contributed by atoms with Gasteiger partial charge in [0.25, 0.3) is 0 Å². The normalized spacial score (nSPS) is 14.5. The first-order chi connectivity index (χ1) is 16.9. The molecule has 2 N–H and O–H groups in total. The van der Waals surface area contributed by atoms with Crippen LogP contribution in [0.1, 0.15) is 29.9 Å². The zero-order valence-electron chi connectivity index (χ0n) is 20.2. The number of benzene rings is 2. The Balaban J connectivity index is 1.50. The molecule has 35 heavy (non-hydrogen) atoms. The van der Waals surface area contributed by atoms with Crippen LogP contribution in [0.4, 0.5) is 4.79 Å². The molecule has 1 aliphatic rings. The summed E-state index contributed by atoms with van der Waals surface area (Å²) in [5.41, 5.74) is 2.93. The summed E-state index contributed by atoms with van der Waals surface area (Å²) in [5, 5.41) is 4.09. The minimum Gasteiger partial charge on any atom is -0.493 e. The number of aromatic nitrogens is 1. The number of aromatic amines is 1. The molecule has 4 amide bonds. The van der Waals surface area contributed by atoms with Crippen molar-refractivity contribution in [2.24, 2.45) is 0 Å². The Morgan fingerprint density at radius 1 is 1.09 bits per heavy atom. The van der Waals surface area contributed by atoms with E-state index in [1.807, 2.05) is 48.7 Å². The topological polar surface area (TPSA) is 104 Å². The van der Waals surface area contributed by atoms with Gasteiger partial charge in [0.2, 0.25) is 11.8 Å². The highest BCUT2D eigenvalue weighted by Gasteiger charge is 2.33. The molecule has 1 aliphatic heterocycles. The van der Waals surface area contributed by atoms with Gasteiger partial charge in [0.15, 0.2) is 11.5 Å². The van der Waals surface area contributed by atoms with Crippen LogP contribution in [0.2, 0.25) is 0 Å². The van der Waals surface area contributed by atoms with Crippen LogP contribution >= 0.6 is 0 Å². The SMILES string of the molecule is COc1cccc(C(CNC(=O)CCCN2C(=O)CN(C)C2=O)c2c[nH]c3ccccc23)c1OC. The number of ether oxygens (including phenoxy) is 2. The Morgan fingerprint density at radius 2 is 1.89 bits per heavy atom. The molecule has 0 radical (unpaired) electrons. The van der Waals surface area contributed by atoms with Crippen molar-refractivity contribution in [1.82, 2.24) is 20.1 Å². The van der Waals surface area contributed by atoms with Gasteiger partial charge in [-0.15, -0.1) is 0 Å². The Bertz CT molecular complexity index is 1240. The minimum absolute atomic E-state index is 0.0830. The molecule has 2 aromatic carbocycles. The molecule has 2 heterocycles. The molecule has 0 aliphatic carbocycles. The summed E-state index contributed by atoms with van der Waals surface area (Å²) in [6, 6.07) is 13.4. The summed E-state index contributed by atoms with van der Waals surface area (Å²) in [4.78, 5) is 42.5. The van der Waals surface area contributed by atoms with E-state index in [-0.39, 0.29) is 43.3 Å². The molecule has 9 nitrogen and oxygen atoms in total. The highest BCUT2D eigenvalue weighted by molar-refractivity contribution is 6.01. The van der Waals surface area contributed by atoms with Crippen molar-refractivity contribution >= 4 is 28.7 Å². The maximum Gasteiger partial charge on any atom is 0.326 e. The Hall–Kier alpha value is -4.01. The first kappa shape index (κ1) is 24.1. The number of amides is 4. The quantitative estimate of drug-likeness (QED) is 0.436. The summed E-state index contributed by atoms with van der Waals surface area (Å²) < 4.78 is 11.2. The molecule has 4 rings (SSSR count). The van der Waals surface area contributed by atoms with Crippen LogP contribution < -0.4 is 14.8 Å². The van der Waals surface area contributed by atoms with Gasteiger partial charge in [0, 0.05) is 55.1 Å². The van der Waals surface area contributed by atoms with E-state index >= 15 is 0 Å². The lowest BCUT2D eigenvalue weighted by molar-refractivity contribution is -0.126. The second-order valence-electron chi connectivity index (χ2n) is 8.52. The second-order valence-corrected chi connectivity index (χ2v) is 8.52. The number of para-hydroxylation sites is 2. The number of carbonyl (C=O) groups is 3. The van der Waals surface area contributed by atoms with Crippen molar-refractivity contribution in [1.29, 1.82) is 0 Å². The number of fused-ring (bicyclic) bond motifs is 1. The fourth-order valence-electron chi connectivity index (χ4n) is 4.55. The Kier molecular flexibility index (Phi) is 7.24. The molecule has 1 saturated heterocycles. The summed E-state index contributed by atoms with van der Waals surface area (Å²) in [5.74, 6) is 0.655. The number of nitrogens with zero attached hydrogens (tertiary/aromatic N) is 2. The van der Waals surface area contributed by atoms with Crippen molar-refractivity contribution in [3.05, 3.63) is 59.8 Å². The number of urea groups is 1. The maximum atomic E-state index is 12.7. The lowest BCUT2D eigenvalue weighted by atomic mass is 9.89. The first-order valence-electron chi connectivity index (χ1n) is 11.5. The molecule has 0 bridgehead atoms. The number of likely N-dealkylation sites (N-methyl/N-ethyl adjacent to an activating group) is 1. The number of nitrogens with one attached hydrogen (secondary N) is 2. The van der Waals surface area contributed by atoms with E-state index in [1.165, 1.54) is 9.80 Å². The van der Waals surface area contributed by atoms with E-state index in [0.29, 0.717) is 24.5 Å². The van der Waals surface area contributed by atoms with Crippen molar-refractivity contribution < 1.29 is 23.9 Å². The Labute approximate surface area is 204 Å². The first-order valence-corrected chi connectivity index (χ1v) is 11.5. The van der Waals surface area contributed by atoms with Crippen molar-refractivity contribution in [3.63, 3.8) is 0 Å². The summed E-state index contributed by atoms with van der Waals surface area (Å²) in [6.07, 6.45) is 2.56. The third kappa shape index (κ3) is 4.94. The second kappa shape index (κ2) is 10.5. The van der Waals surface area contributed by atoms with Crippen LogP contribution in [-0.4, -0.2) is 73.5 Å². The predicted molar refractivity (Wildman–Crippen MR) is 132 cm³/mol. The Morgan fingerprint density at radius 3 is 2.60 bits per heavy atom. The van der Waals surface area contributed by atoms with E-state index in [2.05, 4.69) is 10.3 Å². The predicted octanol–water partition coefficient (Wildman–Crippen LogP) is 3.11. The van der Waals surface area contributed by atoms with Gasteiger partial charge < -0.3 is 24.7 Å². The average molecular weight is 479 g/mol. The number of hydrogen-bond donors (Lipinski definition) is 2. The molecule has 1 fully saturated rings. The van der Waals surface area contributed by atoms with Gasteiger partial charge in [-0.2, -0.15) is 0 Å². The molecule has 1 atom stereocenters. The molecule has 1 aromatic heterocycles. The van der Waals surface area contributed by atoms with Crippen molar-refractivity contribution in [2.45, 2.75) is 18.8 Å². The molecular formula is C26H30N4O5. The van der Waals surface area contributed by atoms with Gasteiger partial charge in [-0.25, -0.2) is 4.79 Å². The number of methoxy groups -OCH3 is 2. The van der Waals surface area contributed by atoms with E-state index in [9.17, 15) is 14.4 Å².